The lowest BCUT2D eigenvalue weighted by molar-refractivity contribution is 0.0950. The van der Waals surface area contributed by atoms with Crippen LogP contribution in [0.2, 0.25) is 10.0 Å². The Kier molecular flexibility index (Phi) is 5.70. The number of aromatic amines is 1. The van der Waals surface area contributed by atoms with E-state index in [1.807, 2.05) is 36.4 Å². The fourth-order valence-corrected chi connectivity index (χ4v) is 3.38. The number of hydrazone groups is 1. The third kappa shape index (κ3) is 4.01. The van der Waals surface area contributed by atoms with E-state index in [4.69, 9.17) is 27.9 Å². The molecule has 0 saturated heterocycles. The van der Waals surface area contributed by atoms with Crippen molar-refractivity contribution in [2.45, 2.75) is 0 Å². The predicted molar refractivity (Wildman–Crippen MR) is 120 cm³/mol. The van der Waals surface area contributed by atoms with Crippen LogP contribution in [-0.2, 0) is 0 Å². The highest BCUT2D eigenvalue weighted by atomic mass is 35.5. The highest BCUT2D eigenvalue weighted by Gasteiger charge is 2.16. The van der Waals surface area contributed by atoms with Crippen molar-refractivity contribution in [1.29, 1.82) is 0 Å². The number of hydrogen-bond acceptors (Lipinski definition) is 4. The molecule has 2 N–H and O–H groups in total. The molecule has 6 nitrogen and oxygen atoms in total. The number of H-pyrrole nitrogens is 1. The Morgan fingerprint density at radius 1 is 1.10 bits per heavy atom. The van der Waals surface area contributed by atoms with Crippen molar-refractivity contribution in [2.75, 3.05) is 7.11 Å². The third-order valence-electron chi connectivity index (χ3n) is 4.51. The fraction of sp³-hybridized carbons (Fsp3) is 0.0455. The van der Waals surface area contributed by atoms with Crippen molar-refractivity contribution < 1.29 is 9.53 Å². The second-order valence-electron chi connectivity index (χ2n) is 6.40. The van der Waals surface area contributed by atoms with E-state index in [9.17, 15) is 4.79 Å². The number of nitrogens with one attached hydrogen (secondary N) is 2. The summed E-state index contributed by atoms with van der Waals surface area (Å²) in [6.45, 7) is 0. The molecule has 0 aliphatic heterocycles. The topological polar surface area (TPSA) is 79.4 Å². The molecule has 0 aliphatic carbocycles. The van der Waals surface area contributed by atoms with Gasteiger partial charge >= 0.3 is 0 Å². The van der Waals surface area contributed by atoms with Crippen LogP contribution in [0.3, 0.4) is 0 Å². The van der Waals surface area contributed by atoms with Crippen LogP contribution in [0.15, 0.2) is 65.8 Å². The molecular formula is C22H16Cl2N4O2. The van der Waals surface area contributed by atoms with E-state index in [-0.39, 0.29) is 5.69 Å². The van der Waals surface area contributed by atoms with Crippen LogP contribution >= 0.6 is 23.2 Å². The first-order chi connectivity index (χ1) is 14.6. The number of benzene rings is 3. The summed E-state index contributed by atoms with van der Waals surface area (Å²) in [6.07, 6.45) is 1.48. The maximum absolute atomic E-state index is 12.4. The molecule has 0 bridgehead atoms. The van der Waals surface area contributed by atoms with Crippen LogP contribution in [0.25, 0.3) is 22.0 Å². The van der Waals surface area contributed by atoms with Gasteiger partial charge in [-0.15, -0.1) is 0 Å². The normalized spacial score (nSPS) is 11.2. The first-order valence-corrected chi connectivity index (χ1v) is 9.72. The SMILES string of the molecule is COc1ccc2ccccc2c1-c1cc(C(=O)NN=Cc2ccc(Cl)c(Cl)c2)[nH]n1. The predicted octanol–water partition coefficient (Wildman–Crippen LogP) is 5.31. The molecule has 3 aromatic carbocycles. The molecule has 1 heterocycles. The Morgan fingerprint density at radius 2 is 1.93 bits per heavy atom. The van der Waals surface area contributed by atoms with Crippen molar-refractivity contribution in [3.63, 3.8) is 0 Å². The number of ether oxygens (including phenoxy) is 1. The molecule has 0 saturated carbocycles. The molecule has 0 spiro atoms. The molecular weight excluding hydrogens is 423 g/mol. The van der Waals surface area contributed by atoms with Gasteiger partial charge in [-0.1, -0.05) is 59.6 Å². The molecule has 4 rings (SSSR count). The fourth-order valence-electron chi connectivity index (χ4n) is 3.07. The Hall–Kier alpha value is -3.35. The largest absolute Gasteiger partial charge is 0.496 e. The van der Waals surface area contributed by atoms with Crippen LogP contribution in [0.5, 0.6) is 5.75 Å². The van der Waals surface area contributed by atoms with Crippen molar-refractivity contribution in [1.82, 2.24) is 15.6 Å². The maximum atomic E-state index is 12.4. The van der Waals surface area contributed by atoms with Gasteiger partial charge in [-0.2, -0.15) is 10.2 Å². The van der Waals surface area contributed by atoms with Crippen molar-refractivity contribution in [2.24, 2.45) is 5.10 Å². The Balaban J connectivity index is 1.57. The Morgan fingerprint density at radius 3 is 2.73 bits per heavy atom. The number of fused-ring (bicyclic) bond motifs is 1. The molecule has 8 heteroatoms. The zero-order valence-electron chi connectivity index (χ0n) is 15.8. The highest BCUT2D eigenvalue weighted by molar-refractivity contribution is 6.42. The number of rotatable bonds is 5. The monoisotopic (exact) mass is 438 g/mol. The molecule has 30 heavy (non-hydrogen) atoms. The van der Waals surface area contributed by atoms with Gasteiger partial charge in [0, 0.05) is 0 Å². The summed E-state index contributed by atoms with van der Waals surface area (Å²) in [5.74, 6) is 0.245. The van der Waals surface area contributed by atoms with Gasteiger partial charge < -0.3 is 4.74 Å². The molecule has 4 aromatic rings. The maximum Gasteiger partial charge on any atom is 0.289 e. The first kappa shape index (κ1) is 19.9. The Labute approximate surface area is 182 Å². The van der Waals surface area contributed by atoms with Crippen LogP contribution in [0.1, 0.15) is 16.1 Å². The van der Waals surface area contributed by atoms with E-state index in [0.717, 1.165) is 16.3 Å². The summed E-state index contributed by atoms with van der Waals surface area (Å²) >= 11 is 11.9. The van der Waals surface area contributed by atoms with Gasteiger partial charge in [-0.25, -0.2) is 5.43 Å². The molecule has 0 unspecified atom stereocenters. The van der Waals surface area contributed by atoms with Gasteiger partial charge in [0.1, 0.15) is 11.4 Å². The number of carbonyl (C=O) groups is 1. The van der Waals surface area contributed by atoms with Gasteiger partial charge in [0.05, 0.1) is 34.6 Å². The number of hydrogen-bond donors (Lipinski definition) is 2. The van der Waals surface area contributed by atoms with E-state index in [1.165, 1.54) is 6.21 Å². The van der Waals surface area contributed by atoms with Gasteiger partial charge in [0.15, 0.2) is 0 Å². The summed E-state index contributed by atoms with van der Waals surface area (Å²) in [5, 5.41) is 13.9. The summed E-state index contributed by atoms with van der Waals surface area (Å²) in [5.41, 5.74) is 4.85. The van der Waals surface area contributed by atoms with Crippen LogP contribution in [0, 0.1) is 0 Å². The summed E-state index contributed by atoms with van der Waals surface area (Å²) in [7, 11) is 1.60. The molecule has 1 aromatic heterocycles. The molecule has 0 aliphatic rings. The number of halogens is 2. The van der Waals surface area contributed by atoms with E-state index >= 15 is 0 Å². The number of nitrogens with zero attached hydrogens (tertiary/aromatic N) is 2. The van der Waals surface area contributed by atoms with Crippen LogP contribution < -0.4 is 10.2 Å². The van der Waals surface area contributed by atoms with Crippen molar-refractivity contribution >= 4 is 46.1 Å². The van der Waals surface area contributed by atoms with Gasteiger partial charge in [-0.3, -0.25) is 9.89 Å². The molecule has 0 atom stereocenters. The number of amides is 1. The van der Waals surface area contributed by atoms with E-state index in [0.29, 0.717) is 27.1 Å². The van der Waals surface area contributed by atoms with E-state index in [2.05, 4.69) is 20.7 Å². The second-order valence-corrected chi connectivity index (χ2v) is 7.22. The molecule has 1 amide bonds. The van der Waals surface area contributed by atoms with Gasteiger partial charge in [0.25, 0.3) is 5.91 Å². The number of carbonyl (C=O) groups excluding carboxylic acids is 1. The third-order valence-corrected chi connectivity index (χ3v) is 5.25. The van der Waals surface area contributed by atoms with Crippen LogP contribution in [0.4, 0.5) is 0 Å². The number of methoxy groups -OCH3 is 1. The average molecular weight is 439 g/mol. The van der Waals surface area contributed by atoms with Gasteiger partial charge in [0.2, 0.25) is 0 Å². The molecule has 0 fully saturated rings. The van der Waals surface area contributed by atoms with E-state index in [1.54, 1.807) is 31.4 Å². The molecule has 0 radical (unpaired) electrons. The van der Waals surface area contributed by atoms with Crippen molar-refractivity contribution in [3.8, 4) is 17.0 Å². The number of aromatic nitrogens is 2. The van der Waals surface area contributed by atoms with Gasteiger partial charge in [-0.05, 0) is 40.6 Å². The minimum absolute atomic E-state index is 0.270. The molecule has 150 valence electrons. The Bertz CT molecular complexity index is 1270. The quantitative estimate of drug-likeness (QED) is 0.327. The standard InChI is InChI=1S/C22H16Cl2N4O2/c1-30-20-9-7-14-4-2-3-5-15(14)21(20)18-11-19(27-26-18)22(29)28-25-12-13-6-8-16(23)17(24)10-13/h2-12H,1H3,(H,26,27)(H,28,29). The lowest BCUT2D eigenvalue weighted by Crippen LogP contribution is -2.18. The minimum Gasteiger partial charge on any atom is -0.496 e. The van der Waals surface area contributed by atoms with Crippen LogP contribution in [-0.4, -0.2) is 29.4 Å². The summed E-state index contributed by atoms with van der Waals surface area (Å²) in [6, 6.07) is 18.5. The highest BCUT2D eigenvalue weighted by Crippen LogP contribution is 2.36. The minimum atomic E-state index is -0.427. The lowest BCUT2D eigenvalue weighted by Gasteiger charge is -2.09. The zero-order chi connectivity index (χ0) is 21.1. The first-order valence-electron chi connectivity index (χ1n) is 8.97. The zero-order valence-corrected chi connectivity index (χ0v) is 17.3. The summed E-state index contributed by atoms with van der Waals surface area (Å²) in [4.78, 5) is 12.4. The summed E-state index contributed by atoms with van der Waals surface area (Å²) < 4.78 is 5.51. The smallest absolute Gasteiger partial charge is 0.289 e. The van der Waals surface area contributed by atoms with E-state index < -0.39 is 5.91 Å². The average Bonchev–Trinajstić information content (AvgIpc) is 3.25. The van der Waals surface area contributed by atoms with Crippen molar-refractivity contribution in [3.05, 3.63) is 82.0 Å². The second kappa shape index (κ2) is 8.57. The lowest BCUT2D eigenvalue weighted by atomic mass is 10.0.